The zero-order valence-corrected chi connectivity index (χ0v) is 8.44. The third kappa shape index (κ3) is 2.80. The highest BCUT2D eigenvalue weighted by Crippen LogP contribution is 2.33. The molecule has 0 aliphatic carbocycles. The average Bonchev–Trinajstić information content (AvgIpc) is 2.15. The zero-order valence-electron chi connectivity index (χ0n) is 7.55. The molecule has 1 heterocycles. The maximum absolute atomic E-state index is 12.3. The van der Waals surface area contributed by atoms with E-state index in [2.05, 4.69) is 12.6 Å². The van der Waals surface area contributed by atoms with Gasteiger partial charge in [-0.3, -0.25) is 4.79 Å². The number of nitrogens with zero attached hydrogens (tertiary/aromatic N) is 1. The number of amides is 1. The Labute approximate surface area is 85.9 Å². The van der Waals surface area contributed by atoms with Crippen LogP contribution in [0.1, 0.15) is 12.8 Å². The number of thiol groups is 1. The van der Waals surface area contributed by atoms with Gasteiger partial charge in [-0.05, 0) is 12.8 Å². The molecule has 0 aromatic carbocycles. The second-order valence-electron chi connectivity index (χ2n) is 3.38. The molecule has 1 unspecified atom stereocenters. The molecule has 1 atom stereocenters. The summed E-state index contributed by atoms with van der Waals surface area (Å²) in [5, 5.41) is 0. The third-order valence-electron chi connectivity index (χ3n) is 2.37. The van der Waals surface area contributed by atoms with Crippen molar-refractivity contribution in [2.45, 2.75) is 19.0 Å². The molecular formula is C8H12F3NOS. The van der Waals surface area contributed by atoms with Crippen LogP contribution in [0, 0.1) is 5.92 Å². The smallest absolute Gasteiger partial charge is 0.341 e. The number of piperidine rings is 1. The fourth-order valence-corrected chi connectivity index (χ4v) is 1.77. The van der Waals surface area contributed by atoms with Crippen molar-refractivity contribution in [2.75, 3.05) is 18.8 Å². The summed E-state index contributed by atoms with van der Waals surface area (Å²) >= 11 is 3.76. The van der Waals surface area contributed by atoms with Crippen LogP contribution in [0.5, 0.6) is 0 Å². The summed E-state index contributed by atoms with van der Waals surface area (Å²) in [7, 11) is 0. The number of carbonyl (C=O) groups excluding carboxylic acids is 1. The minimum absolute atomic E-state index is 0.0232. The largest absolute Gasteiger partial charge is 0.393 e. The van der Waals surface area contributed by atoms with Crippen LogP contribution in [-0.4, -0.2) is 35.8 Å². The summed E-state index contributed by atoms with van der Waals surface area (Å²) in [5.41, 5.74) is 0. The summed E-state index contributed by atoms with van der Waals surface area (Å²) < 4.78 is 37.0. The van der Waals surface area contributed by atoms with E-state index in [1.165, 1.54) is 4.90 Å². The average molecular weight is 227 g/mol. The van der Waals surface area contributed by atoms with E-state index < -0.39 is 12.1 Å². The number of hydrogen-bond acceptors (Lipinski definition) is 2. The number of rotatable bonds is 1. The van der Waals surface area contributed by atoms with Crippen molar-refractivity contribution in [1.82, 2.24) is 4.90 Å². The van der Waals surface area contributed by atoms with Crippen LogP contribution in [0.4, 0.5) is 13.2 Å². The van der Waals surface area contributed by atoms with Gasteiger partial charge in [-0.1, -0.05) is 0 Å². The molecule has 0 aromatic rings. The molecule has 0 radical (unpaired) electrons. The fraction of sp³-hybridized carbons (Fsp3) is 0.875. The maximum atomic E-state index is 12.3. The zero-order chi connectivity index (χ0) is 10.8. The summed E-state index contributed by atoms with van der Waals surface area (Å²) in [5.74, 6) is -1.70. The highest BCUT2D eigenvalue weighted by atomic mass is 32.1. The monoisotopic (exact) mass is 227 g/mol. The molecule has 1 amide bonds. The van der Waals surface area contributed by atoms with E-state index >= 15 is 0 Å². The summed E-state index contributed by atoms with van der Waals surface area (Å²) in [4.78, 5) is 12.4. The van der Waals surface area contributed by atoms with Gasteiger partial charge in [0.05, 0.1) is 11.7 Å². The SMILES string of the molecule is O=C(CS)N1CCCC(C(F)(F)F)C1. The van der Waals surface area contributed by atoms with Crippen LogP contribution in [0.2, 0.25) is 0 Å². The molecule has 0 N–H and O–H groups in total. The Bertz CT molecular complexity index is 219. The van der Waals surface area contributed by atoms with Crippen molar-refractivity contribution in [3.63, 3.8) is 0 Å². The Morgan fingerprint density at radius 1 is 1.50 bits per heavy atom. The number of halogens is 3. The van der Waals surface area contributed by atoms with Crippen LogP contribution < -0.4 is 0 Å². The Morgan fingerprint density at radius 3 is 2.64 bits per heavy atom. The molecule has 6 heteroatoms. The van der Waals surface area contributed by atoms with Gasteiger partial charge in [0.1, 0.15) is 0 Å². The van der Waals surface area contributed by atoms with Gasteiger partial charge in [0.15, 0.2) is 0 Å². The first-order valence-electron chi connectivity index (χ1n) is 4.40. The van der Waals surface area contributed by atoms with E-state index in [1.807, 2.05) is 0 Å². The van der Waals surface area contributed by atoms with Crippen molar-refractivity contribution in [1.29, 1.82) is 0 Å². The standard InChI is InChI=1S/C8H12F3NOS/c9-8(10,11)6-2-1-3-12(4-6)7(13)5-14/h6,14H,1-5H2. The molecule has 1 rings (SSSR count). The highest BCUT2D eigenvalue weighted by Gasteiger charge is 2.42. The van der Waals surface area contributed by atoms with Crippen LogP contribution in [-0.2, 0) is 4.79 Å². The summed E-state index contributed by atoms with van der Waals surface area (Å²) in [6, 6.07) is 0. The molecule has 14 heavy (non-hydrogen) atoms. The van der Waals surface area contributed by atoms with E-state index in [-0.39, 0.29) is 24.6 Å². The van der Waals surface area contributed by atoms with Gasteiger partial charge in [-0.25, -0.2) is 0 Å². The predicted octanol–water partition coefficient (Wildman–Crippen LogP) is 1.72. The minimum atomic E-state index is -4.18. The van der Waals surface area contributed by atoms with E-state index in [9.17, 15) is 18.0 Å². The van der Waals surface area contributed by atoms with Crippen molar-refractivity contribution >= 4 is 18.5 Å². The molecule has 82 valence electrons. The second kappa shape index (κ2) is 4.42. The third-order valence-corrected chi connectivity index (χ3v) is 2.64. The molecule has 0 aromatic heterocycles. The molecule has 0 spiro atoms. The molecule has 0 bridgehead atoms. The van der Waals surface area contributed by atoms with Gasteiger partial charge in [0.2, 0.25) is 5.91 Å². The molecule has 1 aliphatic heterocycles. The molecule has 0 saturated carbocycles. The first-order valence-corrected chi connectivity index (χ1v) is 5.03. The van der Waals surface area contributed by atoms with Crippen molar-refractivity contribution in [2.24, 2.45) is 5.92 Å². The summed E-state index contributed by atoms with van der Waals surface area (Å²) in [6.45, 7) is 0.217. The molecule has 1 saturated heterocycles. The van der Waals surface area contributed by atoms with E-state index in [0.717, 1.165) is 0 Å². The van der Waals surface area contributed by atoms with Gasteiger partial charge in [-0.2, -0.15) is 25.8 Å². The Morgan fingerprint density at radius 2 is 2.14 bits per heavy atom. The van der Waals surface area contributed by atoms with Crippen LogP contribution in [0.3, 0.4) is 0 Å². The highest BCUT2D eigenvalue weighted by molar-refractivity contribution is 7.81. The normalized spacial score (nSPS) is 23.7. The van der Waals surface area contributed by atoms with E-state index in [1.54, 1.807) is 0 Å². The Kier molecular flexibility index (Phi) is 3.69. The lowest BCUT2D eigenvalue weighted by molar-refractivity contribution is -0.187. The van der Waals surface area contributed by atoms with E-state index in [0.29, 0.717) is 13.0 Å². The van der Waals surface area contributed by atoms with Crippen LogP contribution in [0.15, 0.2) is 0 Å². The molecule has 2 nitrogen and oxygen atoms in total. The van der Waals surface area contributed by atoms with Gasteiger partial charge >= 0.3 is 6.18 Å². The lowest BCUT2D eigenvalue weighted by Crippen LogP contribution is -2.45. The van der Waals surface area contributed by atoms with Gasteiger partial charge < -0.3 is 4.90 Å². The number of hydrogen-bond donors (Lipinski definition) is 1. The molecule has 1 aliphatic rings. The Balaban J connectivity index is 2.56. The number of likely N-dealkylation sites (tertiary alicyclic amines) is 1. The van der Waals surface area contributed by atoms with Gasteiger partial charge in [0.25, 0.3) is 0 Å². The number of carbonyl (C=O) groups is 1. The lowest BCUT2D eigenvalue weighted by atomic mass is 9.97. The quantitative estimate of drug-likeness (QED) is 0.676. The van der Waals surface area contributed by atoms with Gasteiger partial charge in [0, 0.05) is 13.1 Å². The van der Waals surface area contributed by atoms with E-state index in [4.69, 9.17) is 0 Å². The fourth-order valence-electron chi connectivity index (χ4n) is 1.57. The first kappa shape index (κ1) is 11.7. The summed E-state index contributed by atoms with van der Waals surface area (Å²) in [6.07, 6.45) is -3.64. The van der Waals surface area contributed by atoms with Crippen molar-refractivity contribution in [3.05, 3.63) is 0 Å². The molecule has 1 fully saturated rings. The lowest BCUT2D eigenvalue weighted by Gasteiger charge is -2.33. The van der Waals surface area contributed by atoms with Crippen LogP contribution in [0.25, 0.3) is 0 Å². The Hall–Kier alpha value is -0.390. The van der Waals surface area contributed by atoms with Crippen molar-refractivity contribution in [3.8, 4) is 0 Å². The topological polar surface area (TPSA) is 20.3 Å². The van der Waals surface area contributed by atoms with Crippen LogP contribution >= 0.6 is 12.6 Å². The number of alkyl halides is 3. The molecular weight excluding hydrogens is 215 g/mol. The predicted molar refractivity (Wildman–Crippen MR) is 49.2 cm³/mol. The maximum Gasteiger partial charge on any atom is 0.393 e. The van der Waals surface area contributed by atoms with Gasteiger partial charge in [-0.15, -0.1) is 0 Å². The minimum Gasteiger partial charge on any atom is -0.341 e. The van der Waals surface area contributed by atoms with Crippen molar-refractivity contribution < 1.29 is 18.0 Å². The first-order chi connectivity index (χ1) is 6.45. The second-order valence-corrected chi connectivity index (χ2v) is 3.69.